The van der Waals surface area contributed by atoms with E-state index in [2.05, 4.69) is 28.1 Å². The zero-order chi connectivity index (χ0) is 13.4. The van der Waals surface area contributed by atoms with E-state index in [0.29, 0.717) is 5.02 Å². The van der Waals surface area contributed by atoms with Crippen molar-refractivity contribution in [3.05, 3.63) is 68.5 Å². The van der Waals surface area contributed by atoms with E-state index < -0.39 is 6.10 Å². The fourth-order valence-corrected chi connectivity index (χ4v) is 3.96. The molecule has 2 aromatic carbocycles. The lowest BCUT2D eigenvalue weighted by molar-refractivity contribution is 0.221. The molecule has 0 spiro atoms. The summed E-state index contributed by atoms with van der Waals surface area (Å²) in [6, 6.07) is 13.5. The fourth-order valence-electron chi connectivity index (χ4n) is 2.12. The van der Waals surface area contributed by atoms with Gasteiger partial charge in [-0.15, -0.1) is 11.3 Å². The first-order chi connectivity index (χ1) is 9.16. The number of halogens is 2. The molecule has 96 valence electrons. The number of benzene rings is 2. The smallest absolute Gasteiger partial charge is 0.107 e. The molecular formula is C15H10BrClOS. The van der Waals surface area contributed by atoms with Crippen LogP contribution in [0.5, 0.6) is 0 Å². The highest BCUT2D eigenvalue weighted by molar-refractivity contribution is 9.10. The van der Waals surface area contributed by atoms with E-state index in [9.17, 15) is 5.11 Å². The van der Waals surface area contributed by atoms with Gasteiger partial charge in [-0.25, -0.2) is 0 Å². The first-order valence-corrected chi connectivity index (χ1v) is 7.81. The molecule has 1 unspecified atom stereocenters. The molecule has 0 saturated heterocycles. The van der Waals surface area contributed by atoms with Gasteiger partial charge in [-0.05, 0) is 34.5 Å². The molecule has 3 aromatic rings. The van der Waals surface area contributed by atoms with Crippen LogP contribution in [0.2, 0.25) is 5.02 Å². The van der Waals surface area contributed by atoms with Crippen molar-refractivity contribution < 1.29 is 5.11 Å². The Morgan fingerprint density at radius 2 is 1.95 bits per heavy atom. The minimum atomic E-state index is -0.658. The summed E-state index contributed by atoms with van der Waals surface area (Å²) in [7, 11) is 0. The lowest BCUT2D eigenvalue weighted by Gasteiger charge is -2.14. The Morgan fingerprint density at radius 3 is 2.74 bits per heavy atom. The Hall–Kier alpha value is -0.870. The van der Waals surface area contributed by atoms with E-state index >= 15 is 0 Å². The predicted molar refractivity (Wildman–Crippen MR) is 85.0 cm³/mol. The standard InChI is InChI=1S/C15H10BrClOS/c16-13-8-10(17)4-5-11(13)14(18)12-3-1-2-9-6-7-19-15(9)12/h1-8,14,18H. The van der Waals surface area contributed by atoms with Crippen molar-refractivity contribution in [3.63, 3.8) is 0 Å². The molecule has 0 radical (unpaired) electrons. The summed E-state index contributed by atoms with van der Waals surface area (Å²) in [6.45, 7) is 0. The fraction of sp³-hybridized carbons (Fsp3) is 0.0667. The second-order valence-electron chi connectivity index (χ2n) is 4.25. The minimum absolute atomic E-state index is 0.650. The van der Waals surface area contributed by atoms with Gasteiger partial charge in [0.15, 0.2) is 0 Å². The van der Waals surface area contributed by atoms with Crippen LogP contribution in [0.25, 0.3) is 10.1 Å². The van der Waals surface area contributed by atoms with Gasteiger partial charge in [0.25, 0.3) is 0 Å². The molecule has 1 N–H and O–H groups in total. The van der Waals surface area contributed by atoms with Gasteiger partial charge in [0.1, 0.15) is 6.10 Å². The maximum atomic E-state index is 10.6. The van der Waals surface area contributed by atoms with Crippen molar-refractivity contribution in [2.75, 3.05) is 0 Å². The van der Waals surface area contributed by atoms with E-state index in [0.717, 1.165) is 25.7 Å². The van der Waals surface area contributed by atoms with Crippen molar-refractivity contribution in [3.8, 4) is 0 Å². The molecule has 0 aliphatic heterocycles. The second kappa shape index (κ2) is 5.25. The van der Waals surface area contributed by atoms with E-state index in [4.69, 9.17) is 11.6 Å². The number of hydrogen-bond donors (Lipinski definition) is 1. The number of rotatable bonds is 2. The maximum absolute atomic E-state index is 10.6. The summed E-state index contributed by atoms with van der Waals surface area (Å²) in [5, 5.41) is 14.5. The largest absolute Gasteiger partial charge is 0.384 e. The Morgan fingerprint density at radius 1 is 1.11 bits per heavy atom. The summed E-state index contributed by atoms with van der Waals surface area (Å²) in [6.07, 6.45) is -0.658. The summed E-state index contributed by atoms with van der Waals surface area (Å²) < 4.78 is 1.94. The Labute approximate surface area is 128 Å². The van der Waals surface area contributed by atoms with Gasteiger partial charge in [0.05, 0.1) is 0 Å². The van der Waals surface area contributed by atoms with E-state index in [1.54, 1.807) is 23.5 Å². The predicted octanol–water partition coefficient (Wildman–Crippen LogP) is 5.40. The van der Waals surface area contributed by atoms with Crippen molar-refractivity contribution in [2.45, 2.75) is 6.10 Å². The van der Waals surface area contributed by atoms with Gasteiger partial charge in [0, 0.05) is 19.8 Å². The molecule has 1 nitrogen and oxygen atoms in total. The third-order valence-corrected chi connectivity index (χ3v) is 4.96. The quantitative estimate of drug-likeness (QED) is 0.654. The van der Waals surface area contributed by atoms with Crippen LogP contribution in [0.1, 0.15) is 17.2 Å². The molecule has 1 heterocycles. The first kappa shape index (κ1) is 13.1. The highest BCUT2D eigenvalue weighted by atomic mass is 79.9. The molecule has 3 rings (SSSR count). The number of aliphatic hydroxyl groups is 1. The molecule has 19 heavy (non-hydrogen) atoms. The molecule has 0 saturated carbocycles. The lowest BCUT2D eigenvalue weighted by Crippen LogP contribution is -2.00. The monoisotopic (exact) mass is 352 g/mol. The molecule has 0 aliphatic rings. The van der Waals surface area contributed by atoms with Crippen LogP contribution in [-0.2, 0) is 0 Å². The van der Waals surface area contributed by atoms with Gasteiger partial charge >= 0.3 is 0 Å². The summed E-state index contributed by atoms with van der Waals surface area (Å²) >= 11 is 11.0. The highest BCUT2D eigenvalue weighted by Gasteiger charge is 2.16. The van der Waals surface area contributed by atoms with Crippen LogP contribution < -0.4 is 0 Å². The van der Waals surface area contributed by atoms with Crippen LogP contribution in [-0.4, -0.2) is 5.11 Å². The number of aliphatic hydroxyl groups excluding tert-OH is 1. The molecule has 0 amide bonds. The average Bonchev–Trinajstić information content (AvgIpc) is 2.86. The first-order valence-electron chi connectivity index (χ1n) is 5.76. The summed E-state index contributed by atoms with van der Waals surface area (Å²) in [4.78, 5) is 0. The van der Waals surface area contributed by atoms with Crippen molar-refractivity contribution in [1.29, 1.82) is 0 Å². The highest BCUT2D eigenvalue weighted by Crippen LogP contribution is 2.35. The van der Waals surface area contributed by atoms with Crippen LogP contribution >= 0.6 is 38.9 Å². The molecule has 0 fully saturated rings. The molecular weight excluding hydrogens is 344 g/mol. The van der Waals surface area contributed by atoms with E-state index in [-0.39, 0.29) is 0 Å². The van der Waals surface area contributed by atoms with Gasteiger partial charge < -0.3 is 5.11 Å². The minimum Gasteiger partial charge on any atom is -0.384 e. The lowest BCUT2D eigenvalue weighted by atomic mass is 10.0. The normalized spacial score (nSPS) is 12.8. The number of thiophene rings is 1. The zero-order valence-corrected chi connectivity index (χ0v) is 13.0. The third kappa shape index (κ3) is 2.43. The average molecular weight is 354 g/mol. The topological polar surface area (TPSA) is 20.2 Å². The Balaban J connectivity index is 2.13. The Bertz CT molecular complexity index is 738. The van der Waals surface area contributed by atoms with Crippen LogP contribution in [0.3, 0.4) is 0 Å². The number of hydrogen-bond acceptors (Lipinski definition) is 2. The molecule has 0 aliphatic carbocycles. The van der Waals surface area contributed by atoms with Gasteiger partial charge in [-0.3, -0.25) is 0 Å². The summed E-state index contributed by atoms with van der Waals surface area (Å²) in [5.74, 6) is 0. The van der Waals surface area contributed by atoms with Gasteiger partial charge in [-0.1, -0.05) is 51.8 Å². The van der Waals surface area contributed by atoms with Crippen LogP contribution in [0.4, 0.5) is 0 Å². The maximum Gasteiger partial charge on any atom is 0.107 e. The van der Waals surface area contributed by atoms with Crippen molar-refractivity contribution in [1.82, 2.24) is 0 Å². The van der Waals surface area contributed by atoms with E-state index in [1.807, 2.05) is 23.6 Å². The van der Waals surface area contributed by atoms with Crippen molar-refractivity contribution in [2.24, 2.45) is 0 Å². The van der Waals surface area contributed by atoms with Crippen molar-refractivity contribution >= 4 is 49.0 Å². The SMILES string of the molecule is OC(c1ccc(Cl)cc1Br)c1cccc2ccsc12. The van der Waals surface area contributed by atoms with Gasteiger partial charge in [-0.2, -0.15) is 0 Å². The molecule has 1 atom stereocenters. The Kier molecular flexibility index (Phi) is 3.63. The van der Waals surface area contributed by atoms with Crippen LogP contribution in [0, 0.1) is 0 Å². The van der Waals surface area contributed by atoms with Gasteiger partial charge in [0.2, 0.25) is 0 Å². The number of fused-ring (bicyclic) bond motifs is 1. The second-order valence-corrected chi connectivity index (χ2v) is 6.46. The molecule has 1 aromatic heterocycles. The molecule has 4 heteroatoms. The summed E-state index contributed by atoms with van der Waals surface area (Å²) in [5.41, 5.74) is 1.75. The van der Waals surface area contributed by atoms with E-state index in [1.165, 1.54) is 0 Å². The molecule has 0 bridgehead atoms. The third-order valence-electron chi connectivity index (χ3n) is 3.06. The van der Waals surface area contributed by atoms with Crippen LogP contribution in [0.15, 0.2) is 52.3 Å². The zero-order valence-electron chi connectivity index (χ0n) is 9.81.